The van der Waals surface area contributed by atoms with Gasteiger partial charge in [-0.2, -0.15) is 0 Å². The summed E-state index contributed by atoms with van der Waals surface area (Å²) >= 11 is 3.33. The Bertz CT molecular complexity index is 235. The molecular weight excluding hydrogens is 230 g/mol. The molecule has 0 aliphatic heterocycles. The summed E-state index contributed by atoms with van der Waals surface area (Å²) in [5.41, 5.74) is 6.85. The molecule has 0 saturated carbocycles. The maximum atomic E-state index is 5.88. The second-order valence-electron chi connectivity index (χ2n) is 2.80. The van der Waals surface area contributed by atoms with Crippen LogP contribution < -0.4 is 11.9 Å². The molecule has 3 nitrogen and oxygen atoms in total. The SMILES string of the molecule is CCCC(N)c1ccc(Br)cn1.N. The van der Waals surface area contributed by atoms with Crippen LogP contribution in [0.5, 0.6) is 0 Å². The number of halogens is 1. The van der Waals surface area contributed by atoms with E-state index in [9.17, 15) is 0 Å². The van der Waals surface area contributed by atoms with Crippen molar-refractivity contribution in [2.75, 3.05) is 0 Å². The van der Waals surface area contributed by atoms with Crippen molar-refractivity contribution in [1.29, 1.82) is 0 Å². The fourth-order valence-corrected chi connectivity index (χ4v) is 1.30. The molecule has 1 aromatic heterocycles. The fraction of sp³-hybridized carbons (Fsp3) is 0.444. The number of rotatable bonds is 3. The van der Waals surface area contributed by atoms with Gasteiger partial charge in [0.2, 0.25) is 0 Å². The van der Waals surface area contributed by atoms with E-state index in [4.69, 9.17) is 5.73 Å². The third-order valence-corrected chi connectivity index (χ3v) is 2.20. The van der Waals surface area contributed by atoms with Crippen LogP contribution in [0.25, 0.3) is 0 Å². The van der Waals surface area contributed by atoms with Crippen molar-refractivity contribution < 1.29 is 0 Å². The monoisotopic (exact) mass is 245 g/mol. The number of hydrogen-bond acceptors (Lipinski definition) is 3. The lowest BCUT2D eigenvalue weighted by atomic mass is 10.1. The van der Waals surface area contributed by atoms with Crippen molar-refractivity contribution in [3.63, 3.8) is 0 Å². The molecule has 0 aliphatic rings. The van der Waals surface area contributed by atoms with Crippen LogP contribution in [-0.2, 0) is 0 Å². The third-order valence-electron chi connectivity index (χ3n) is 1.73. The van der Waals surface area contributed by atoms with Gasteiger partial charge in [-0.05, 0) is 34.5 Å². The predicted octanol–water partition coefficient (Wildman–Crippen LogP) is 2.81. The highest BCUT2D eigenvalue weighted by atomic mass is 79.9. The number of nitrogens with zero attached hydrogens (tertiary/aromatic N) is 1. The number of hydrogen-bond donors (Lipinski definition) is 2. The molecule has 1 unspecified atom stereocenters. The summed E-state index contributed by atoms with van der Waals surface area (Å²) in [5, 5.41) is 0. The van der Waals surface area contributed by atoms with Crippen molar-refractivity contribution in [3.05, 3.63) is 28.5 Å². The van der Waals surface area contributed by atoms with Gasteiger partial charge in [0.25, 0.3) is 0 Å². The highest BCUT2D eigenvalue weighted by Crippen LogP contribution is 2.15. The highest BCUT2D eigenvalue weighted by molar-refractivity contribution is 9.10. The third kappa shape index (κ3) is 3.85. The summed E-state index contributed by atoms with van der Waals surface area (Å²) < 4.78 is 0.995. The summed E-state index contributed by atoms with van der Waals surface area (Å²) in [6.45, 7) is 2.12. The fourth-order valence-electron chi connectivity index (χ4n) is 1.07. The Labute approximate surface area is 87.5 Å². The van der Waals surface area contributed by atoms with Crippen molar-refractivity contribution in [2.45, 2.75) is 25.8 Å². The van der Waals surface area contributed by atoms with Gasteiger partial charge in [0.05, 0.1) is 5.69 Å². The Morgan fingerprint density at radius 1 is 1.54 bits per heavy atom. The molecule has 1 atom stereocenters. The van der Waals surface area contributed by atoms with E-state index in [0.717, 1.165) is 23.0 Å². The summed E-state index contributed by atoms with van der Waals surface area (Å²) in [5.74, 6) is 0. The smallest absolute Gasteiger partial charge is 0.0571 e. The van der Waals surface area contributed by atoms with Crippen LogP contribution >= 0.6 is 15.9 Å². The quantitative estimate of drug-likeness (QED) is 0.861. The average molecular weight is 246 g/mol. The molecule has 13 heavy (non-hydrogen) atoms. The van der Waals surface area contributed by atoms with Gasteiger partial charge in [0.15, 0.2) is 0 Å². The zero-order chi connectivity index (χ0) is 8.97. The topological polar surface area (TPSA) is 73.9 Å². The largest absolute Gasteiger partial charge is 0.344 e. The Hall–Kier alpha value is -0.450. The zero-order valence-corrected chi connectivity index (χ0v) is 9.42. The molecule has 1 rings (SSSR count). The van der Waals surface area contributed by atoms with E-state index in [1.54, 1.807) is 6.20 Å². The van der Waals surface area contributed by atoms with Crippen LogP contribution in [0.1, 0.15) is 31.5 Å². The Morgan fingerprint density at radius 3 is 2.69 bits per heavy atom. The predicted molar refractivity (Wildman–Crippen MR) is 58.8 cm³/mol. The van der Waals surface area contributed by atoms with E-state index in [0.29, 0.717) is 0 Å². The number of nitrogens with two attached hydrogens (primary N) is 1. The van der Waals surface area contributed by atoms with E-state index in [1.807, 2.05) is 12.1 Å². The first kappa shape index (κ1) is 12.6. The lowest BCUT2D eigenvalue weighted by Crippen LogP contribution is -2.11. The van der Waals surface area contributed by atoms with Gasteiger partial charge in [-0.25, -0.2) is 0 Å². The van der Waals surface area contributed by atoms with Gasteiger partial charge in [0.1, 0.15) is 0 Å². The molecule has 0 radical (unpaired) electrons. The molecular formula is C9H16BrN3. The molecule has 0 spiro atoms. The Balaban J connectivity index is 0.00000144. The maximum absolute atomic E-state index is 5.88. The summed E-state index contributed by atoms with van der Waals surface area (Å²) in [6, 6.07) is 4.02. The van der Waals surface area contributed by atoms with Gasteiger partial charge in [-0.1, -0.05) is 13.3 Å². The van der Waals surface area contributed by atoms with E-state index in [-0.39, 0.29) is 12.2 Å². The highest BCUT2D eigenvalue weighted by Gasteiger charge is 2.04. The lowest BCUT2D eigenvalue weighted by Gasteiger charge is -2.08. The maximum Gasteiger partial charge on any atom is 0.0571 e. The lowest BCUT2D eigenvalue weighted by molar-refractivity contribution is 0.621. The molecule has 0 saturated heterocycles. The van der Waals surface area contributed by atoms with Crippen LogP contribution in [0.15, 0.2) is 22.8 Å². The minimum atomic E-state index is 0. The average Bonchev–Trinajstić information content (AvgIpc) is 2.06. The molecule has 1 heterocycles. The summed E-state index contributed by atoms with van der Waals surface area (Å²) in [4.78, 5) is 4.22. The van der Waals surface area contributed by atoms with Gasteiger partial charge in [-0.3, -0.25) is 4.98 Å². The van der Waals surface area contributed by atoms with Crippen LogP contribution in [-0.4, -0.2) is 4.98 Å². The number of aromatic nitrogens is 1. The zero-order valence-electron chi connectivity index (χ0n) is 7.83. The second kappa shape index (κ2) is 6.07. The van der Waals surface area contributed by atoms with Crippen molar-refractivity contribution in [3.8, 4) is 0 Å². The minimum Gasteiger partial charge on any atom is -0.344 e. The van der Waals surface area contributed by atoms with Crippen molar-refractivity contribution in [2.24, 2.45) is 5.73 Å². The summed E-state index contributed by atoms with van der Waals surface area (Å²) in [6.07, 6.45) is 3.87. The van der Waals surface area contributed by atoms with Crippen molar-refractivity contribution >= 4 is 15.9 Å². The first-order valence-corrected chi connectivity index (χ1v) is 4.90. The molecule has 4 heteroatoms. The number of pyridine rings is 1. The standard InChI is InChI=1S/C9H13BrN2.H3N/c1-2-3-8(11)9-5-4-7(10)6-12-9;/h4-6,8H,2-3,11H2,1H3;1H3. The molecule has 0 fully saturated rings. The molecule has 74 valence electrons. The van der Waals surface area contributed by atoms with Crippen LogP contribution in [0, 0.1) is 0 Å². The van der Waals surface area contributed by atoms with Crippen LogP contribution in [0.3, 0.4) is 0 Å². The Morgan fingerprint density at radius 2 is 2.23 bits per heavy atom. The molecule has 0 aromatic carbocycles. The Kier molecular flexibility index (Phi) is 5.86. The molecule has 0 bridgehead atoms. The first-order valence-electron chi connectivity index (χ1n) is 4.11. The van der Waals surface area contributed by atoms with E-state index in [2.05, 4.69) is 27.8 Å². The van der Waals surface area contributed by atoms with Gasteiger partial charge >= 0.3 is 0 Å². The normalized spacial score (nSPS) is 11.9. The van der Waals surface area contributed by atoms with Gasteiger partial charge in [0, 0.05) is 16.7 Å². The van der Waals surface area contributed by atoms with E-state index >= 15 is 0 Å². The van der Waals surface area contributed by atoms with Gasteiger partial charge < -0.3 is 11.9 Å². The second-order valence-corrected chi connectivity index (χ2v) is 3.71. The molecule has 5 N–H and O–H groups in total. The van der Waals surface area contributed by atoms with E-state index < -0.39 is 0 Å². The van der Waals surface area contributed by atoms with Gasteiger partial charge in [-0.15, -0.1) is 0 Å². The first-order chi connectivity index (χ1) is 5.74. The van der Waals surface area contributed by atoms with E-state index in [1.165, 1.54) is 0 Å². The molecule has 0 amide bonds. The van der Waals surface area contributed by atoms with Crippen LogP contribution in [0.2, 0.25) is 0 Å². The molecule has 0 aliphatic carbocycles. The minimum absolute atomic E-state index is 0. The van der Waals surface area contributed by atoms with Crippen LogP contribution in [0.4, 0.5) is 0 Å². The molecule has 1 aromatic rings. The summed E-state index contributed by atoms with van der Waals surface area (Å²) in [7, 11) is 0. The van der Waals surface area contributed by atoms with Crippen molar-refractivity contribution in [1.82, 2.24) is 11.1 Å².